The molecule has 1 aromatic rings. The monoisotopic (exact) mass is 246 g/mol. The Kier molecular flexibility index (Phi) is 4.70. The number of nitrogen functional groups attached to an aromatic ring is 1. The number of amidine groups is 1. The molecule has 6 heteroatoms. The predicted molar refractivity (Wildman–Crippen MR) is 60.0 cm³/mol. The summed E-state index contributed by atoms with van der Waals surface area (Å²) >= 11 is 1.03. The molecule has 0 aliphatic heterocycles. The molecule has 1 rings (SSSR count). The van der Waals surface area contributed by atoms with E-state index in [0.29, 0.717) is 12.4 Å². The minimum Gasteiger partial charge on any atom is -0.384 e. The van der Waals surface area contributed by atoms with Gasteiger partial charge in [-0.05, 0) is 12.1 Å². The second-order valence-corrected chi connectivity index (χ2v) is 4.13. The van der Waals surface area contributed by atoms with Crippen LogP contribution in [-0.2, 0) is 4.74 Å². The highest BCUT2D eigenvalue weighted by molar-refractivity contribution is 7.99. The van der Waals surface area contributed by atoms with Crippen molar-refractivity contribution in [1.29, 1.82) is 5.41 Å². The van der Waals surface area contributed by atoms with Crippen LogP contribution < -0.4 is 5.73 Å². The molecule has 0 aromatic heterocycles. The normalized spacial score (nSPS) is 10.4. The van der Waals surface area contributed by atoms with Crippen molar-refractivity contribution in [3.05, 3.63) is 29.3 Å². The molecule has 0 aliphatic carbocycles. The molecule has 88 valence electrons. The molecule has 0 aliphatic rings. The van der Waals surface area contributed by atoms with Crippen molar-refractivity contribution < 1.29 is 13.5 Å². The summed E-state index contributed by atoms with van der Waals surface area (Å²) < 4.78 is 31.7. The molecular formula is C10H12F2N2OS. The van der Waals surface area contributed by atoms with E-state index in [4.69, 9.17) is 15.9 Å². The zero-order valence-electron chi connectivity index (χ0n) is 8.72. The predicted octanol–water partition coefficient (Wildman–Crippen LogP) is 1.99. The molecule has 0 atom stereocenters. The van der Waals surface area contributed by atoms with E-state index in [-0.39, 0.29) is 16.3 Å². The number of benzene rings is 1. The van der Waals surface area contributed by atoms with Crippen LogP contribution in [0.5, 0.6) is 0 Å². The first-order valence-electron chi connectivity index (χ1n) is 4.51. The van der Waals surface area contributed by atoms with Crippen molar-refractivity contribution in [1.82, 2.24) is 0 Å². The smallest absolute Gasteiger partial charge is 0.140 e. The fourth-order valence-corrected chi connectivity index (χ4v) is 1.93. The molecule has 16 heavy (non-hydrogen) atoms. The van der Waals surface area contributed by atoms with Crippen LogP contribution in [0.3, 0.4) is 0 Å². The van der Waals surface area contributed by atoms with Crippen molar-refractivity contribution in [2.45, 2.75) is 4.90 Å². The molecule has 0 radical (unpaired) electrons. The summed E-state index contributed by atoms with van der Waals surface area (Å²) in [6, 6.07) is 2.11. The van der Waals surface area contributed by atoms with E-state index < -0.39 is 11.6 Å². The maximum atomic E-state index is 13.4. The van der Waals surface area contributed by atoms with E-state index in [1.807, 2.05) is 0 Å². The maximum Gasteiger partial charge on any atom is 0.140 e. The van der Waals surface area contributed by atoms with Gasteiger partial charge in [0.15, 0.2) is 0 Å². The van der Waals surface area contributed by atoms with Crippen molar-refractivity contribution in [2.24, 2.45) is 5.73 Å². The van der Waals surface area contributed by atoms with Crippen LogP contribution in [0.1, 0.15) is 5.56 Å². The number of hydrogen-bond donors (Lipinski definition) is 2. The number of nitrogens with two attached hydrogens (primary N) is 1. The second kappa shape index (κ2) is 5.81. The molecule has 0 saturated carbocycles. The summed E-state index contributed by atoms with van der Waals surface area (Å²) in [4.78, 5) is -0.0675. The number of rotatable bonds is 5. The molecule has 0 bridgehead atoms. The van der Waals surface area contributed by atoms with Gasteiger partial charge in [0, 0.05) is 18.4 Å². The van der Waals surface area contributed by atoms with Crippen LogP contribution in [0.2, 0.25) is 0 Å². The van der Waals surface area contributed by atoms with Gasteiger partial charge in [0.1, 0.15) is 17.5 Å². The van der Waals surface area contributed by atoms with Crippen molar-refractivity contribution in [2.75, 3.05) is 19.5 Å². The third-order valence-electron chi connectivity index (χ3n) is 1.84. The van der Waals surface area contributed by atoms with Crippen LogP contribution in [0, 0.1) is 17.0 Å². The van der Waals surface area contributed by atoms with Crippen LogP contribution in [0.4, 0.5) is 8.78 Å². The number of thioether (sulfide) groups is 1. The Morgan fingerprint density at radius 2 is 2.00 bits per heavy atom. The standard InChI is InChI=1S/C10H12F2N2OS/c1-15-2-3-16-9-7(11)4-6(10(13)14)5-8(9)12/h4-5H,2-3H2,1H3,(H3,13,14). The molecule has 3 N–H and O–H groups in total. The fourth-order valence-electron chi connectivity index (χ4n) is 1.08. The quantitative estimate of drug-likeness (QED) is 0.361. The largest absolute Gasteiger partial charge is 0.384 e. The van der Waals surface area contributed by atoms with Crippen molar-refractivity contribution in [3.63, 3.8) is 0 Å². The van der Waals surface area contributed by atoms with Crippen LogP contribution >= 0.6 is 11.8 Å². The van der Waals surface area contributed by atoms with Gasteiger partial charge >= 0.3 is 0 Å². The highest BCUT2D eigenvalue weighted by atomic mass is 32.2. The molecule has 0 heterocycles. The summed E-state index contributed by atoms with van der Waals surface area (Å²) in [5.74, 6) is -1.30. The summed E-state index contributed by atoms with van der Waals surface area (Å²) in [5.41, 5.74) is 5.19. The van der Waals surface area contributed by atoms with Gasteiger partial charge in [0.05, 0.1) is 11.5 Å². The van der Waals surface area contributed by atoms with Crippen molar-refractivity contribution in [3.8, 4) is 0 Å². The van der Waals surface area contributed by atoms with Crippen molar-refractivity contribution >= 4 is 17.6 Å². The van der Waals surface area contributed by atoms with Gasteiger partial charge in [-0.25, -0.2) is 8.78 Å². The first-order valence-corrected chi connectivity index (χ1v) is 5.50. The summed E-state index contributed by atoms with van der Waals surface area (Å²) in [6.45, 7) is 0.415. The third-order valence-corrected chi connectivity index (χ3v) is 2.89. The fraction of sp³-hybridized carbons (Fsp3) is 0.300. The SMILES string of the molecule is COCCSc1c(F)cc(C(=N)N)cc1F. The lowest BCUT2D eigenvalue weighted by atomic mass is 10.2. The number of nitrogens with one attached hydrogen (secondary N) is 1. The molecular weight excluding hydrogens is 234 g/mol. The Morgan fingerprint density at radius 3 is 2.44 bits per heavy atom. The Hall–Kier alpha value is -1.14. The molecule has 0 fully saturated rings. The maximum absolute atomic E-state index is 13.4. The lowest BCUT2D eigenvalue weighted by Crippen LogP contribution is -2.12. The summed E-state index contributed by atoms with van der Waals surface area (Å²) in [5, 5.41) is 7.08. The number of hydrogen-bond acceptors (Lipinski definition) is 3. The van der Waals surface area contributed by atoms with E-state index in [1.54, 1.807) is 0 Å². The Labute approximate surface area is 96.5 Å². The first-order chi connectivity index (χ1) is 7.56. The average molecular weight is 246 g/mol. The van der Waals surface area contributed by atoms with E-state index in [2.05, 4.69) is 0 Å². The van der Waals surface area contributed by atoms with E-state index in [1.165, 1.54) is 7.11 Å². The molecule has 1 aromatic carbocycles. The van der Waals surface area contributed by atoms with Gasteiger partial charge < -0.3 is 10.5 Å². The zero-order chi connectivity index (χ0) is 12.1. The second-order valence-electron chi connectivity index (χ2n) is 3.02. The minimum atomic E-state index is -0.702. The van der Waals surface area contributed by atoms with E-state index >= 15 is 0 Å². The Morgan fingerprint density at radius 1 is 1.44 bits per heavy atom. The van der Waals surface area contributed by atoms with E-state index in [0.717, 1.165) is 23.9 Å². The Bertz CT molecular complexity index is 375. The van der Waals surface area contributed by atoms with Gasteiger partial charge in [0.2, 0.25) is 0 Å². The van der Waals surface area contributed by atoms with E-state index in [9.17, 15) is 8.78 Å². The molecule has 0 saturated heterocycles. The zero-order valence-corrected chi connectivity index (χ0v) is 9.54. The highest BCUT2D eigenvalue weighted by Gasteiger charge is 2.12. The van der Waals surface area contributed by atoms with Crippen LogP contribution in [0.15, 0.2) is 17.0 Å². The summed E-state index contributed by atoms with van der Waals surface area (Å²) in [7, 11) is 1.52. The molecule has 3 nitrogen and oxygen atoms in total. The first kappa shape index (κ1) is 12.9. The number of halogens is 2. The lowest BCUT2D eigenvalue weighted by molar-refractivity contribution is 0.218. The topological polar surface area (TPSA) is 59.1 Å². The molecule has 0 unspecified atom stereocenters. The van der Waals surface area contributed by atoms with Crippen LogP contribution in [0.25, 0.3) is 0 Å². The number of ether oxygens (including phenoxy) is 1. The van der Waals surface area contributed by atoms with Gasteiger partial charge in [-0.1, -0.05) is 0 Å². The van der Waals surface area contributed by atoms with Gasteiger partial charge in [-0.15, -0.1) is 11.8 Å². The average Bonchev–Trinajstić information content (AvgIpc) is 2.21. The lowest BCUT2D eigenvalue weighted by Gasteiger charge is -2.06. The molecule has 0 spiro atoms. The van der Waals surface area contributed by atoms with Gasteiger partial charge in [-0.3, -0.25) is 5.41 Å². The van der Waals surface area contributed by atoms with Crippen LogP contribution in [-0.4, -0.2) is 25.3 Å². The summed E-state index contributed by atoms with van der Waals surface area (Å²) in [6.07, 6.45) is 0. The Balaban J connectivity index is 2.89. The van der Waals surface area contributed by atoms with Gasteiger partial charge in [-0.2, -0.15) is 0 Å². The number of methoxy groups -OCH3 is 1. The third kappa shape index (κ3) is 3.18. The minimum absolute atomic E-state index is 0.0473. The highest BCUT2D eigenvalue weighted by Crippen LogP contribution is 2.26. The molecule has 0 amide bonds. The van der Waals surface area contributed by atoms with Gasteiger partial charge in [0.25, 0.3) is 0 Å².